The lowest BCUT2D eigenvalue weighted by Crippen LogP contribution is -2.27. The third-order valence-electron chi connectivity index (χ3n) is 5.19. The summed E-state index contributed by atoms with van der Waals surface area (Å²) in [5, 5.41) is 2.78. The molecule has 1 unspecified atom stereocenters. The zero-order valence-electron chi connectivity index (χ0n) is 16.9. The highest BCUT2D eigenvalue weighted by atomic mass is 32.2. The second kappa shape index (κ2) is 8.92. The average Bonchev–Trinajstić information content (AvgIpc) is 3.11. The Balaban J connectivity index is 1.66. The fourth-order valence-electron chi connectivity index (χ4n) is 3.64. The van der Waals surface area contributed by atoms with Crippen LogP contribution in [-0.4, -0.2) is 20.7 Å². The Bertz CT molecular complexity index is 1240. The summed E-state index contributed by atoms with van der Waals surface area (Å²) in [7, 11) is 0. The molecule has 0 aliphatic heterocycles. The molecule has 4 rings (SSSR count). The first-order chi connectivity index (χ1) is 14.9. The van der Waals surface area contributed by atoms with Crippen LogP contribution in [0.15, 0.2) is 40.8 Å². The molecule has 1 aliphatic carbocycles. The fraction of sp³-hybridized carbons (Fsp3) is 0.318. The van der Waals surface area contributed by atoms with Crippen molar-refractivity contribution in [3.63, 3.8) is 0 Å². The highest BCUT2D eigenvalue weighted by Gasteiger charge is 2.24. The molecule has 2 aromatic heterocycles. The molecule has 2 heterocycles. The number of nitrogens with one attached hydrogen (secondary N) is 1. The molecular weight excluding hydrogens is 440 g/mol. The molecule has 1 atom stereocenters. The van der Waals surface area contributed by atoms with Gasteiger partial charge in [0.15, 0.2) is 5.16 Å². The summed E-state index contributed by atoms with van der Waals surface area (Å²) in [6.45, 7) is 5.63. The van der Waals surface area contributed by atoms with Gasteiger partial charge < -0.3 is 5.32 Å². The Morgan fingerprint density at radius 3 is 2.94 bits per heavy atom. The Morgan fingerprint density at radius 2 is 2.16 bits per heavy atom. The minimum atomic E-state index is -0.723. The number of carbonyl (C=O) groups is 1. The SMILES string of the molecule is C=CCn1c(SC(C)C(=O)Nc2cc(F)ccc2F)nc2sc3c(c2c1=O)CCCC3. The highest BCUT2D eigenvalue weighted by Crippen LogP contribution is 2.35. The van der Waals surface area contributed by atoms with Crippen molar-refractivity contribution in [2.75, 3.05) is 5.32 Å². The van der Waals surface area contributed by atoms with Crippen molar-refractivity contribution in [3.05, 3.63) is 63.3 Å². The van der Waals surface area contributed by atoms with Gasteiger partial charge in [-0.1, -0.05) is 17.8 Å². The highest BCUT2D eigenvalue weighted by molar-refractivity contribution is 8.00. The van der Waals surface area contributed by atoms with E-state index < -0.39 is 22.8 Å². The van der Waals surface area contributed by atoms with Crippen LogP contribution in [-0.2, 0) is 24.2 Å². The molecule has 1 aromatic carbocycles. The van der Waals surface area contributed by atoms with Gasteiger partial charge in [0.25, 0.3) is 5.56 Å². The van der Waals surface area contributed by atoms with Crippen molar-refractivity contribution in [2.24, 2.45) is 0 Å². The summed E-state index contributed by atoms with van der Waals surface area (Å²) in [6.07, 6.45) is 5.62. The Hall–Kier alpha value is -2.52. The minimum Gasteiger partial charge on any atom is -0.323 e. The van der Waals surface area contributed by atoms with Gasteiger partial charge >= 0.3 is 0 Å². The summed E-state index contributed by atoms with van der Waals surface area (Å²) >= 11 is 2.65. The van der Waals surface area contributed by atoms with Crippen LogP contribution in [0.1, 0.15) is 30.2 Å². The van der Waals surface area contributed by atoms with Gasteiger partial charge in [0, 0.05) is 17.5 Å². The normalized spacial score (nSPS) is 14.3. The molecular formula is C22H21F2N3O2S2. The van der Waals surface area contributed by atoms with Crippen LogP contribution in [0, 0.1) is 11.6 Å². The Labute approximate surface area is 186 Å². The molecule has 1 N–H and O–H groups in total. The fourth-order valence-corrected chi connectivity index (χ4v) is 5.86. The number of halogens is 2. The summed E-state index contributed by atoms with van der Waals surface area (Å²) in [5.74, 6) is -1.88. The van der Waals surface area contributed by atoms with E-state index in [4.69, 9.17) is 4.98 Å². The predicted molar refractivity (Wildman–Crippen MR) is 121 cm³/mol. The van der Waals surface area contributed by atoms with E-state index in [1.165, 1.54) is 9.44 Å². The number of nitrogens with zero attached hydrogens (tertiary/aromatic N) is 2. The molecule has 3 aromatic rings. The number of rotatable bonds is 6. The summed E-state index contributed by atoms with van der Waals surface area (Å²) in [4.78, 5) is 32.5. The molecule has 0 saturated heterocycles. The first kappa shape index (κ1) is 21.7. The maximum absolute atomic E-state index is 13.9. The second-order valence-electron chi connectivity index (χ2n) is 7.36. The van der Waals surface area contributed by atoms with Crippen LogP contribution >= 0.6 is 23.1 Å². The van der Waals surface area contributed by atoms with Crippen LogP contribution in [0.5, 0.6) is 0 Å². The van der Waals surface area contributed by atoms with E-state index >= 15 is 0 Å². The second-order valence-corrected chi connectivity index (χ2v) is 9.75. The van der Waals surface area contributed by atoms with Crippen LogP contribution in [0.4, 0.5) is 14.5 Å². The molecule has 0 saturated carbocycles. The molecule has 9 heteroatoms. The number of aryl methyl sites for hydroxylation is 2. The minimum absolute atomic E-state index is 0.129. The van der Waals surface area contributed by atoms with E-state index in [2.05, 4.69) is 11.9 Å². The molecule has 1 aliphatic rings. The number of thiophene rings is 1. The number of amides is 1. The van der Waals surface area contributed by atoms with Crippen molar-refractivity contribution < 1.29 is 13.6 Å². The molecule has 162 valence electrons. The first-order valence-electron chi connectivity index (χ1n) is 9.97. The van der Waals surface area contributed by atoms with Crippen LogP contribution < -0.4 is 10.9 Å². The maximum atomic E-state index is 13.9. The van der Waals surface area contributed by atoms with E-state index in [9.17, 15) is 18.4 Å². The van der Waals surface area contributed by atoms with E-state index in [1.54, 1.807) is 24.3 Å². The van der Waals surface area contributed by atoms with Crippen LogP contribution in [0.25, 0.3) is 10.2 Å². The van der Waals surface area contributed by atoms with Crippen molar-refractivity contribution in [1.29, 1.82) is 0 Å². The molecule has 0 radical (unpaired) electrons. The maximum Gasteiger partial charge on any atom is 0.263 e. The molecule has 0 fully saturated rings. The zero-order chi connectivity index (χ0) is 22.1. The lowest BCUT2D eigenvalue weighted by atomic mass is 9.97. The molecule has 31 heavy (non-hydrogen) atoms. The largest absolute Gasteiger partial charge is 0.323 e. The molecule has 0 bridgehead atoms. The van der Waals surface area contributed by atoms with Crippen molar-refractivity contribution in [1.82, 2.24) is 9.55 Å². The zero-order valence-corrected chi connectivity index (χ0v) is 18.5. The summed E-state index contributed by atoms with van der Waals surface area (Å²) in [5.41, 5.74) is 0.747. The van der Waals surface area contributed by atoms with E-state index in [0.717, 1.165) is 61.2 Å². The Kier molecular flexibility index (Phi) is 6.24. The summed E-state index contributed by atoms with van der Waals surface area (Å²) < 4.78 is 28.8. The molecule has 0 spiro atoms. The van der Waals surface area contributed by atoms with Gasteiger partial charge in [-0.2, -0.15) is 0 Å². The standard InChI is InChI=1S/C22H21F2N3O2S2/c1-3-10-27-21(29)18-14-6-4-5-7-17(14)31-20(18)26-22(27)30-12(2)19(28)25-16-11-13(23)8-9-15(16)24/h3,8-9,11-12H,1,4-7,10H2,2H3,(H,25,28). The molecule has 5 nitrogen and oxygen atoms in total. The number of thioether (sulfide) groups is 1. The topological polar surface area (TPSA) is 64.0 Å². The number of benzene rings is 1. The number of allylic oxidation sites excluding steroid dienone is 1. The van der Waals surface area contributed by atoms with Gasteiger partial charge in [0.1, 0.15) is 16.5 Å². The van der Waals surface area contributed by atoms with E-state index in [0.29, 0.717) is 15.4 Å². The van der Waals surface area contributed by atoms with Crippen LogP contribution in [0.3, 0.4) is 0 Å². The number of hydrogen-bond acceptors (Lipinski definition) is 5. The van der Waals surface area contributed by atoms with Crippen molar-refractivity contribution >= 4 is 44.9 Å². The predicted octanol–water partition coefficient (Wildman–Crippen LogP) is 4.92. The number of fused-ring (bicyclic) bond motifs is 3. The number of hydrogen-bond donors (Lipinski definition) is 1. The van der Waals surface area contributed by atoms with Crippen LogP contribution in [0.2, 0.25) is 0 Å². The Morgan fingerprint density at radius 1 is 1.39 bits per heavy atom. The van der Waals surface area contributed by atoms with E-state index in [-0.39, 0.29) is 17.8 Å². The lowest BCUT2D eigenvalue weighted by molar-refractivity contribution is -0.115. The van der Waals surface area contributed by atoms with Gasteiger partial charge in [0.05, 0.1) is 16.3 Å². The molecule has 1 amide bonds. The smallest absolute Gasteiger partial charge is 0.263 e. The van der Waals surface area contributed by atoms with E-state index in [1.807, 2.05) is 0 Å². The van der Waals surface area contributed by atoms with Crippen molar-refractivity contribution in [3.8, 4) is 0 Å². The number of carbonyl (C=O) groups excluding carboxylic acids is 1. The van der Waals surface area contributed by atoms with Crippen molar-refractivity contribution in [2.45, 2.75) is 49.6 Å². The number of aromatic nitrogens is 2. The average molecular weight is 462 g/mol. The van der Waals surface area contributed by atoms with Gasteiger partial charge in [0.2, 0.25) is 5.91 Å². The lowest BCUT2D eigenvalue weighted by Gasteiger charge is -2.15. The summed E-state index contributed by atoms with van der Waals surface area (Å²) in [6, 6.07) is 2.87. The monoisotopic (exact) mass is 461 g/mol. The third kappa shape index (κ3) is 4.29. The third-order valence-corrected chi connectivity index (χ3v) is 7.46. The number of anilines is 1. The van der Waals surface area contributed by atoms with Gasteiger partial charge in [-0.3, -0.25) is 14.2 Å². The van der Waals surface area contributed by atoms with Gasteiger partial charge in [-0.25, -0.2) is 13.8 Å². The quantitative estimate of drug-likeness (QED) is 0.322. The first-order valence-corrected chi connectivity index (χ1v) is 11.7. The van der Waals surface area contributed by atoms with Gasteiger partial charge in [-0.05, 0) is 50.3 Å². The van der Waals surface area contributed by atoms with Gasteiger partial charge in [-0.15, -0.1) is 17.9 Å².